The molecule has 1 saturated heterocycles. The number of anilines is 1. The van der Waals surface area contributed by atoms with Gasteiger partial charge in [-0.25, -0.2) is 4.79 Å². The molecule has 3 rings (SSSR count). The van der Waals surface area contributed by atoms with Crippen LogP contribution in [0.2, 0.25) is 0 Å². The molecule has 1 saturated carbocycles. The predicted molar refractivity (Wildman–Crippen MR) is 89.5 cm³/mol. The highest BCUT2D eigenvalue weighted by molar-refractivity contribution is 5.96. The van der Waals surface area contributed by atoms with E-state index < -0.39 is 0 Å². The van der Waals surface area contributed by atoms with Crippen molar-refractivity contribution in [1.82, 2.24) is 10.6 Å². The highest BCUT2D eigenvalue weighted by Crippen LogP contribution is 2.19. The summed E-state index contributed by atoms with van der Waals surface area (Å²) in [5.41, 5.74) is 7.49. The topological polar surface area (TPSA) is 87.5 Å². The molecule has 2 atom stereocenters. The summed E-state index contributed by atoms with van der Waals surface area (Å²) in [5, 5.41) is 5.86. The number of nitrogens with two attached hydrogens (primary N) is 1. The second kappa shape index (κ2) is 7.00. The standard InChI is InChI=1S/C17H24N4O2/c18-14-4-1-2-5-15(14)20-16(22)12-6-8-13(9-7-12)21-11-3-10-19-17(21)23/h6-9,14-15H,1-5,10-11,18H2,(H,19,23)(H,20,22). The summed E-state index contributed by atoms with van der Waals surface area (Å²) in [7, 11) is 0. The van der Waals surface area contributed by atoms with E-state index in [1.807, 2.05) is 12.1 Å². The molecule has 6 heteroatoms. The summed E-state index contributed by atoms with van der Waals surface area (Å²) >= 11 is 0. The zero-order valence-electron chi connectivity index (χ0n) is 13.3. The minimum absolute atomic E-state index is 0.0454. The Kier molecular flexibility index (Phi) is 4.81. The van der Waals surface area contributed by atoms with Crippen molar-refractivity contribution in [3.8, 4) is 0 Å². The molecule has 6 nitrogen and oxygen atoms in total. The normalized spacial score (nSPS) is 24.9. The zero-order chi connectivity index (χ0) is 16.2. The number of benzene rings is 1. The van der Waals surface area contributed by atoms with Crippen LogP contribution in [0.5, 0.6) is 0 Å². The minimum Gasteiger partial charge on any atom is -0.348 e. The first kappa shape index (κ1) is 15.8. The van der Waals surface area contributed by atoms with Gasteiger partial charge in [-0.1, -0.05) is 12.8 Å². The van der Waals surface area contributed by atoms with Gasteiger partial charge >= 0.3 is 6.03 Å². The number of amides is 3. The second-order valence-corrected chi connectivity index (χ2v) is 6.31. The molecule has 1 aliphatic carbocycles. The van der Waals surface area contributed by atoms with E-state index in [0.29, 0.717) is 12.1 Å². The molecule has 0 radical (unpaired) electrons. The quantitative estimate of drug-likeness (QED) is 0.791. The molecule has 0 spiro atoms. The van der Waals surface area contributed by atoms with Crippen LogP contribution in [-0.4, -0.2) is 37.1 Å². The Bertz CT molecular complexity index is 572. The second-order valence-electron chi connectivity index (χ2n) is 6.31. The van der Waals surface area contributed by atoms with Gasteiger partial charge in [0.2, 0.25) is 0 Å². The lowest BCUT2D eigenvalue weighted by molar-refractivity contribution is 0.0921. The first-order valence-corrected chi connectivity index (χ1v) is 8.37. The molecular weight excluding hydrogens is 292 g/mol. The van der Waals surface area contributed by atoms with Gasteiger partial charge in [-0.3, -0.25) is 9.69 Å². The van der Waals surface area contributed by atoms with Gasteiger partial charge in [0, 0.05) is 36.4 Å². The number of hydrogen-bond donors (Lipinski definition) is 3. The summed E-state index contributed by atoms with van der Waals surface area (Å²) in [5.74, 6) is -0.0954. The van der Waals surface area contributed by atoms with Gasteiger partial charge in [0.1, 0.15) is 0 Å². The van der Waals surface area contributed by atoms with Crippen LogP contribution in [0.4, 0.5) is 10.5 Å². The molecule has 1 aromatic rings. The first-order chi connectivity index (χ1) is 11.1. The van der Waals surface area contributed by atoms with E-state index in [4.69, 9.17) is 5.73 Å². The monoisotopic (exact) mass is 316 g/mol. The smallest absolute Gasteiger partial charge is 0.321 e. The van der Waals surface area contributed by atoms with E-state index in [2.05, 4.69) is 10.6 Å². The summed E-state index contributed by atoms with van der Waals surface area (Å²) in [6.45, 7) is 1.42. The van der Waals surface area contributed by atoms with Crippen molar-refractivity contribution >= 4 is 17.6 Å². The van der Waals surface area contributed by atoms with Crippen LogP contribution >= 0.6 is 0 Å². The summed E-state index contributed by atoms with van der Waals surface area (Å²) < 4.78 is 0. The summed E-state index contributed by atoms with van der Waals surface area (Å²) in [6.07, 6.45) is 5.09. The van der Waals surface area contributed by atoms with Gasteiger partial charge in [0.05, 0.1) is 0 Å². The molecule has 0 aromatic heterocycles. The van der Waals surface area contributed by atoms with Crippen LogP contribution in [0.15, 0.2) is 24.3 Å². The molecular formula is C17H24N4O2. The van der Waals surface area contributed by atoms with Crippen LogP contribution in [0.3, 0.4) is 0 Å². The summed E-state index contributed by atoms with van der Waals surface area (Å²) in [4.78, 5) is 25.9. The third-order valence-corrected chi connectivity index (χ3v) is 4.66. The van der Waals surface area contributed by atoms with Gasteiger partial charge in [-0.2, -0.15) is 0 Å². The molecule has 2 unspecified atom stereocenters. The van der Waals surface area contributed by atoms with Gasteiger partial charge in [0.25, 0.3) is 5.91 Å². The molecule has 4 N–H and O–H groups in total. The number of rotatable bonds is 3. The fourth-order valence-corrected chi connectivity index (χ4v) is 3.26. The lowest BCUT2D eigenvalue weighted by Crippen LogP contribution is -2.49. The number of carbonyl (C=O) groups is 2. The van der Waals surface area contributed by atoms with Crippen LogP contribution in [-0.2, 0) is 0 Å². The van der Waals surface area contributed by atoms with Gasteiger partial charge in [-0.05, 0) is 43.5 Å². The maximum atomic E-state index is 12.4. The Balaban J connectivity index is 1.64. The van der Waals surface area contributed by atoms with Gasteiger partial charge in [-0.15, -0.1) is 0 Å². The van der Waals surface area contributed by atoms with E-state index >= 15 is 0 Å². The molecule has 124 valence electrons. The number of nitrogens with zero attached hydrogens (tertiary/aromatic N) is 1. The van der Waals surface area contributed by atoms with Gasteiger partial charge in [0.15, 0.2) is 0 Å². The van der Waals surface area contributed by atoms with Crippen LogP contribution < -0.4 is 21.3 Å². The number of carbonyl (C=O) groups excluding carboxylic acids is 2. The van der Waals surface area contributed by atoms with Crippen molar-refractivity contribution in [2.75, 3.05) is 18.0 Å². The molecule has 3 amide bonds. The molecule has 2 fully saturated rings. The lowest BCUT2D eigenvalue weighted by atomic mass is 9.91. The Morgan fingerprint density at radius 3 is 2.61 bits per heavy atom. The maximum absolute atomic E-state index is 12.4. The SMILES string of the molecule is NC1CCCCC1NC(=O)c1ccc(N2CCCNC2=O)cc1. The number of nitrogens with one attached hydrogen (secondary N) is 2. The largest absolute Gasteiger partial charge is 0.348 e. The minimum atomic E-state index is -0.0954. The number of urea groups is 1. The highest BCUT2D eigenvalue weighted by atomic mass is 16.2. The average molecular weight is 316 g/mol. The Morgan fingerprint density at radius 1 is 1.17 bits per heavy atom. The van der Waals surface area contributed by atoms with Crippen molar-refractivity contribution < 1.29 is 9.59 Å². The number of hydrogen-bond acceptors (Lipinski definition) is 3. The molecule has 2 aliphatic rings. The third-order valence-electron chi connectivity index (χ3n) is 4.66. The van der Waals surface area contributed by atoms with Crippen molar-refractivity contribution in [1.29, 1.82) is 0 Å². The zero-order valence-corrected chi connectivity index (χ0v) is 13.3. The molecule has 23 heavy (non-hydrogen) atoms. The van der Waals surface area contributed by atoms with E-state index in [9.17, 15) is 9.59 Å². The lowest BCUT2D eigenvalue weighted by Gasteiger charge is -2.29. The van der Waals surface area contributed by atoms with Crippen molar-refractivity contribution in [3.05, 3.63) is 29.8 Å². The van der Waals surface area contributed by atoms with Crippen LogP contribution in [0, 0.1) is 0 Å². The van der Waals surface area contributed by atoms with E-state index in [1.54, 1.807) is 17.0 Å². The van der Waals surface area contributed by atoms with Gasteiger partial charge < -0.3 is 16.4 Å². The molecule has 0 bridgehead atoms. The first-order valence-electron chi connectivity index (χ1n) is 8.37. The molecule has 1 aliphatic heterocycles. The van der Waals surface area contributed by atoms with Crippen LogP contribution in [0.1, 0.15) is 42.5 Å². The fraction of sp³-hybridized carbons (Fsp3) is 0.529. The molecule has 1 aromatic carbocycles. The fourth-order valence-electron chi connectivity index (χ4n) is 3.26. The Hall–Kier alpha value is -2.08. The van der Waals surface area contributed by atoms with E-state index in [-0.39, 0.29) is 24.0 Å². The Morgan fingerprint density at radius 2 is 1.91 bits per heavy atom. The van der Waals surface area contributed by atoms with Crippen molar-refractivity contribution in [2.45, 2.75) is 44.2 Å². The van der Waals surface area contributed by atoms with Crippen molar-refractivity contribution in [2.24, 2.45) is 5.73 Å². The highest BCUT2D eigenvalue weighted by Gasteiger charge is 2.24. The maximum Gasteiger partial charge on any atom is 0.321 e. The third kappa shape index (κ3) is 3.64. The molecule has 1 heterocycles. The van der Waals surface area contributed by atoms with Crippen LogP contribution in [0.25, 0.3) is 0 Å². The average Bonchev–Trinajstić information content (AvgIpc) is 2.57. The van der Waals surface area contributed by atoms with E-state index in [1.165, 1.54) is 0 Å². The predicted octanol–water partition coefficient (Wildman–Crippen LogP) is 1.61. The summed E-state index contributed by atoms with van der Waals surface area (Å²) in [6, 6.07) is 7.19. The Labute approximate surface area is 136 Å². The van der Waals surface area contributed by atoms with E-state index in [0.717, 1.165) is 44.3 Å². The van der Waals surface area contributed by atoms with Crippen molar-refractivity contribution in [3.63, 3.8) is 0 Å².